The van der Waals surface area contributed by atoms with Crippen molar-refractivity contribution in [1.29, 1.82) is 0 Å². The summed E-state index contributed by atoms with van der Waals surface area (Å²) >= 11 is 0. The third-order valence-electron chi connectivity index (χ3n) is 5.14. The van der Waals surface area contributed by atoms with Gasteiger partial charge in [0.15, 0.2) is 0 Å². The summed E-state index contributed by atoms with van der Waals surface area (Å²) < 4.78 is 5.87. The first-order valence-electron chi connectivity index (χ1n) is 10.2. The molecule has 0 saturated carbocycles. The number of nitrogens with two attached hydrogens (primary N) is 1. The number of nitrogens with one attached hydrogen (secondary N) is 1. The van der Waals surface area contributed by atoms with Gasteiger partial charge in [-0.15, -0.1) is 0 Å². The quantitative estimate of drug-likeness (QED) is 0.348. The molecule has 5 heteroatoms. The Morgan fingerprint density at radius 3 is 2.32 bits per heavy atom. The Kier molecular flexibility index (Phi) is 11.0. The van der Waals surface area contributed by atoms with Crippen LogP contribution in [0, 0.1) is 0 Å². The molecule has 1 saturated heterocycles. The molecular formula is C20H37N2O3. The van der Waals surface area contributed by atoms with Gasteiger partial charge < -0.3 is 10.5 Å². The summed E-state index contributed by atoms with van der Waals surface area (Å²) in [4.78, 5) is 23.6. The highest BCUT2D eigenvalue weighted by Gasteiger charge is 2.46. The fraction of sp³-hybridized carbons (Fsp3) is 0.900. The molecule has 0 aliphatic carbocycles. The van der Waals surface area contributed by atoms with Gasteiger partial charge in [0.1, 0.15) is 11.6 Å². The molecule has 1 rings (SSSR count). The van der Waals surface area contributed by atoms with Crippen molar-refractivity contribution in [3.63, 3.8) is 0 Å². The molecule has 1 aliphatic rings. The lowest BCUT2D eigenvalue weighted by Gasteiger charge is -2.28. The molecule has 5 nitrogen and oxygen atoms in total. The molecule has 1 fully saturated rings. The van der Waals surface area contributed by atoms with Gasteiger partial charge in [-0.1, -0.05) is 46.0 Å². The number of hydrogen-bond acceptors (Lipinski definition) is 5. The lowest BCUT2D eigenvalue weighted by Crippen LogP contribution is -2.42. The number of hydrogen-bond donors (Lipinski definition) is 2. The second-order valence-corrected chi connectivity index (χ2v) is 7.40. The molecule has 0 spiro atoms. The first-order valence-corrected chi connectivity index (χ1v) is 10.2. The van der Waals surface area contributed by atoms with E-state index in [1.54, 1.807) is 0 Å². The van der Waals surface area contributed by atoms with Gasteiger partial charge in [0.05, 0.1) is 6.04 Å². The summed E-state index contributed by atoms with van der Waals surface area (Å²) in [6.07, 6.45) is 13.8. The molecule has 3 N–H and O–H groups in total. The predicted molar refractivity (Wildman–Crippen MR) is 101 cm³/mol. The molecule has 145 valence electrons. The fourth-order valence-corrected chi connectivity index (χ4v) is 3.65. The van der Waals surface area contributed by atoms with E-state index in [1.165, 1.54) is 0 Å². The van der Waals surface area contributed by atoms with Crippen LogP contribution in [-0.4, -0.2) is 36.5 Å². The van der Waals surface area contributed by atoms with Gasteiger partial charge in [-0.3, -0.25) is 14.9 Å². The summed E-state index contributed by atoms with van der Waals surface area (Å²) in [7, 11) is 0. The van der Waals surface area contributed by atoms with Crippen molar-refractivity contribution in [2.24, 2.45) is 5.73 Å². The van der Waals surface area contributed by atoms with Gasteiger partial charge in [0, 0.05) is 6.42 Å². The standard InChI is InChI=1S/C20H37N2O3/c1-3-5-8-12-20(13-9-6-4-2)15-18(19(24)25-20)22-17(16-23)11-7-10-14-21/h17-18,22H,3-15,21H2,1-2H3/t17-,18-/m0/s1. The zero-order valence-electron chi connectivity index (χ0n) is 16.1. The van der Waals surface area contributed by atoms with Crippen LogP contribution in [0.15, 0.2) is 0 Å². The van der Waals surface area contributed by atoms with Gasteiger partial charge in [0.25, 0.3) is 0 Å². The maximum absolute atomic E-state index is 12.4. The Bertz CT molecular complexity index is 377. The average molecular weight is 354 g/mol. The molecule has 1 aliphatic heterocycles. The Morgan fingerprint density at radius 1 is 1.16 bits per heavy atom. The summed E-state index contributed by atoms with van der Waals surface area (Å²) in [5.74, 6) is -0.202. The Morgan fingerprint density at radius 2 is 1.80 bits per heavy atom. The van der Waals surface area contributed by atoms with Gasteiger partial charge in [0.2, 0.25) is 6.29 Å². The molecule has 0 aromatic rings. The van der Waals surface area contributed by atoms with E-state index >= 15 is 0 Å². The van der Waals surface area contributed by atoms with E-state index in [0.717, 1.165) is 64.2 Å². The Labute approximate surface area is 153 Å². The lowest BCUT2D eigenvalue weighted by molar-refractivity contribution is -0.150. The average Bonchev–Trinajstić information content (AvgIpc) is 2.90. The van der Waals surface area contributed by atoms with Crippen LogP contribution in [0.3, 0.4) is 0 Å². The van der Waals surface area contributed by atoms with E-state index < -0.39 is 6.04 Å². The summed E-state index contributed by atoms with van der Waals surface area (Å²) in [6, 6.07) is -0.793. The monoisotopic (exact) mass is 353 g/mol. The second kappa shape index (κ2) is 12.4. The topological polar surface area (TPSA) is 81.4 Å². The smallest absolute Gasteiger partial charge is 0.323 e. The van der Waals surface area contributed by atoms with Crippen LogP contribution in [0.2, 0.25) is 0 Å². The highest BCUT2D eigenvalue weighted by atomic mass is 16.6. The van der Waals surface area contributed by atoms with E-state index in [1.807, 2.05) is 6.29 Å². The number of unbranched alkanes of at least 4 members (excludes halogenated alkanes) is 5. The third kappa shape index (κ3) is 7.87. The van der Waals surface area contributed by atoms with E-state index in [-0.39, 0.29) is 17.6 Å². The molecule has 0 bridgehead atoms. The molecular weight excluding hydrogens is 316 g/mol. The largest absolute Gasteiger partial charge is 0.458 e. The minimum absolute atomic E-state index is 0.202. The zero-order valence-corrected chi connectivity index (χ0v) is 16.1. The summed E-state index contributed by atoms with van der Waals surface area (Å²) in [5.41, 5.74) is 5.16. The van der Waals surface area contributed by atoms with E-state index in [0.29, 0.717) is 19.4 Å². The van der Waals surface area contributed by atoms with Crippen LogP contribution in [-0.2, 0) is 14.3 Å². The highest BCUT2D eigenvalue weighted by molar-refractivity contribution is 5.79. The number of ether oxygens (including phenoxy) is 1. The van der Waals surface area contributed by atoms with Crippen LogP contribution in [0.5, 0.6) is 0 Å². The van der Waals surface area contributed by atoms with Crippen molar-refractivity contribution in [1.82, 2.24) is 5.32 Å². The Balaban J connectivity index is 2.63. The molecule has 2 atom stereocenters. The van der Waals surface area contributed by atoms with Gasteiger partial charge in [-0.05, 0) is 45.1 Å². The van der Waals surface area contributed by atoms with Crippen LogP contribution in [0.4, 0.5) is 0 Å². The van der Waals surface area contributed by atoms with Crippen molar-refractivity contribution in [3.05, 3.63) is 0 Å². The van der Waals surface area contributed by atoms with Crippen LogP contribution in [0.1, 0.15) is 90.9 Å². The maximum Gasteiger partial charge on any atom is 0.323 e. The van der Waals surface area contributed by atoms with Gasteiger partial charge >= 0.3 is 5.97 Å². The number of rotatable bonds is 15. The normalized spacial score (nSPS) is 20.4. The van der Waals surface area contributed by atoms with Gasteiger partial charge in [-0.25, -0.2) is 0 Å². The first kappa shape index (κ1) is 22.1. The molecule has 0 aromatic heterocycles. The van der Waals surface area contributed by atoms with E-state index in [2.05, 4.69) is 19.2 Å². The molecule has 0 aromatic carbocycles. The SMILES string of the molecule is CCCCCC1(CCCCC)C[C@H](N[C@H]([C]=O)CCCCN)C(=O)O1. The Hall–Kier alpha value is -0.940. The minimum Gasteiger partial charge on any atom is -0.458 e. The maximum atomic E-state index is 12.4. The van der Waals surface area contributed by atoms with Crippen LogP contribution in [0.25, 0.3) is 0 Å². The number of carbonyl (C=O) groups is 1. The summed E-state index contributed by atoms with van der Waals surface area (Å²) in [6.45, 7) is 4.98. The van der Waals surface area contributed by atoms with Crippen molar-refractivity contribution >= 4 is 12.3 Å². The first-order chi connectivity index (χ1) is 12.1. The third-order valence-corrected chi connectivity index (χ3v) is 5.14. The number of carbonyl (C=O) groups excluding carboxylic acids is 2. The van der Waals surface area contributed by atoms with Crippen molar-refractivity contribution < 1.29 is 14.3 Å². The van der Waals surface area contributed by atoms with Crippen LogP contribution >= 0.6 is 0 Å². The second-order valence-electron chi connectivity index (χ2n) is 7.40. The lowest BCUT2D eigenvalue weighted by atomic mass is 9.86. The molecule has 0 unspecified atom stereocenters. The summed E-state index contributed by atoms with van der Waals surface area (Å²) in [5, 5.41) is 3.17. The zero-order chi connectivity index (χ0) is 18.5. The molecule has 25 heavy (non-hydrogen) atoms. The fourth-order valence-electron chi connectivity index (χ4n) is 3.65. The van der Waals surface area contributed by atoms with Crippen molar-refractivity contribution in [2.45, 2.75) is 109 Å². The number of esters is 1. The van der Waals surface area contributed by atoms with Crippen molar-refractivity contribution in [2.75, 3.05) is 6.54 Å². The van der Waals surface area contributed by atoms with Gasteiger partial charge in [-0.2, -0.15) is 0 Å². The highest BCUT2D eigenvalue weighted by Crippen LogP contribution is 2.37. The van der Waals surface area contributed by atoms with Crippen molar-refractivity contribution in [3.8, 4) is 0 Å². The molecule has 1 radical (unpaired) electrons. The molecule has 1 heterocycles. The number of cyclic esters (lactones) is 1. The molecule has 0 amide bonds. The van der Waals surface area contributed by atoms with E-state index in [9.17, 15) is 9.59 Å². The predicted octanol–water partition coefficient (Wildman–Crippen LogP) is 3.40. The van der Waals surface area contributed by atoms with E-state index in [4.69, 9.17) is 10.5 Å². The minimum atomic E-state index is -0.411. The van der Waals surface area contributed by atoms with Crippen LogP contribution < -0.4 is 11.1 Å².